The van der Waals surface area contributed by atoms with Gasteiger partial charge in [0.1, 0.15) is 0 Å². The highest BCUT2D eigenvalue weighted by molar-refractivity contribution is 5.91. The van der Waals surface area contributed by atoms with Crippen molar-refractivity contribution < 1.29 is 23.1 Å². The van der Waals surface area contributed by atoms with Gasteiger partial charge in [-0.05, 0) is 29.7 Å². The fourth-order valence-electron chi connectivity index (χ4n) is 2.35. The summed E-state index contributed by atoms with van der Waals surface area (Å²) in [5.41, 5.74) is 0.785. The third kappa shape index (κ3) is 5.11. The lowest BCUT2D eigenvalue weighted by atomic mass is 9.96. The molecule has 0 aliphatic carbocycles. The van der Waals surface area contributed by atoms with E-state index in [0.29, 0.717) is 0 Å². The van der Waals surface area contributed by atoms with Gasteiger partial charge in [-0.1, -0.05) is 44.2 Å². The molecule has 0 saturated heterocycles. The molecule has 2 aromatic rings. The van der Waals surface area contributed by atoms with E-state index in [1.54, 1.807) is 0 Å². The zero-order valence-corrected chi connectivity index (χ0v) is 14.0. The summed E-state index contributed by atoms with van der Waals surface area (Å²) >= 11 is 0. The summed E-state index contributed by atoms with van der Waals surface area (Å²) in [5, 5.41) is 2.81. The molecule has 132 valence electrons. The number of hydrogen-bond acceptors (Lipinski definition) is 3. The van der Waals surface area contributed by atoms with Crippen LogP contribution in [-0.2, 0) is 9.53 Å². The van der Waals surface area contributed by atoms with Crippen molar-refractivity contribution in [3.05, 3.63) is 71.3 Å². The predicted molar refractivity (Wildman–Crippen MR) is 88.8 cm³/mol. The number of halogens is 2. The molecule has 2 aromatic carbocycles. The van der Waals surface area contributed by atoms with Crippen molar-refractivity contribution in [2.75, 3.05) is 6.61 Å². The number of rotatable bonds is 6. The molecule has 0 spiro atoms. The van der Waals surface area contributed by atoms with Crippen molar-refractivity contribution in [1.29, 1.82) is 0 Å². The molecule has 1 amide bonds. The van der Waals surface area contributed by atoms with Crippen LogP contribution >= 0.6 is 0 Å². The second kappa shape index (κ2) is 8.37. The summed E-state index contributed by atoms with van der Waals surface area (Å²) in [5.74, 6) is -3.44. The van der Waals surface area contributed by atoms with Gasteiger partial charge in [-0.25, -0.2) is 13.6 Å². The molecule has 25 heavy (non-hydrogen) atoms. The van der Waals surface area contributed by atoms with Gasteiger partial charge in [0.15, 0.2) is 18.2 Å². The quantitative estimate of drug-likeness (QED) is 0.812. The molecule has 0 unspecified atom stereocenters. The van der Waals surface area contributed by atoms with Gasteiger partial charge in [-0.2, -0.15) is 0 Å². The Bertz CT molecular complexity index is 748. The highest BCUT2D eigenvalue weighted by Gasteiger charge is 2.19. The number of hydrogen-bond donors (Lipinski definition) is 1. The minimum atomic E-state index is -1.15. The lowest BCUT2D eigenvalue weighted by Crippen LogP contribution is -2.35. The van der Waals surface area contributed by atoms with Crippen molar-refractivity contribution in [3.8, 4) is 0 Å². The van der Waals surface area contributed by atoms with Crippen LogP contribution in [0, 0.1) is 17.6 Å². The molecule has 1 N–H and O–H groups in total. The lowest BCUT2D eigenvalue weighted by molar-refractivity contribution is -0.125. The van der Waals surface area contributed by atoms with Crippen LogP contribution in [0.3, 0.4) is 0 Å². The van der Waals surface area contributed by atoms with E-state index >= 15 is 0 Å². The summed E-state index contributed by atoms with van der Waals surface area (Å²) in [6.45, 7) is 3.42. The largest absolute Gasteiger partial charge is 0.452 e. The SMILES string of the molecule is CC(C)[C@H](NC(=O)COC(=O)c1ccc(F)c(F)c1)c1ccccc1. The second-order valence-corrected chi connectivity index (χ2v) is 5.90. The molecular weight excluding hydrogens is 328 g/mol. The number of esters is 1. The van der Waals surface area contributed by atoms with Gasteiger partial charge in [0.2, 0.25) is 0 Å². The fraction of sp³-hybridized carbons (Fsp3) is 0.263. The second-order valence-electron chi connectivity index (χ2n) is 5.90. The summed E-state index contributed by atoms with van der Waals surface area (Å²) in [6.07, 6.45) is 0. The third-order valence-corrected chi connectivity index (χ3v) is 3.63. The molecule has 0 aromatic heterocycles. The Labute approximate surface area is 144 Å². The van der Waals surface area contributed by atoms with Crippen LogP contribution in [0.15, 0.2) is 48.5 Å². The van der Waals surface area contributed by atoms with Gasteiger partial charge in [-0.3, -0.25) is 4.79 Å². The van der Waals surface area contributed by atoms with Crippen molar-refractivity contribution in [2.24, 2.45) is 5.92 Å². The minimum Gasteiger partial charge on any atom is -0.452 e. The van der Waals surface area contributed by atoms with Crippen LogP contribution in [-0.4, -0.2) is 18.5 Å². The normalized spacial score (nSPS) is 11.9. The predicted octanol–water partition coefficient (Wildman–Crippen LogP) is 3.64. The van der Waals surface area contributed by atoms with Crippen LogP contribution in [0.2, 0.25) is 0 Å². The van der Waals surface area contributed by atoms with Crippen LogP contribution in [0.25, 0.3) is 0 Å². The van der Waals surface area contributed by atoms with Gasteiger partial charge < -0.3 is 10.1 Å². The number of ether oxygens (including phenoxy) is 1. The molecule has 0 saturated carbocycles. The summed E-state index contributed by atoms with van der Waals surface area (Å²) in [6, 6.07) is 11.9. The third-order valence-electron chi connectivity index (χ3n) is 3.63. The van der Waals surface area contributed by atoms with E-state index in [0.717, 1.165) is 23.8 Å². The van der Waals surface area contributed by atoms with Gasteiger partial charge >= 0.3 is 5.97 Å². The molecule has 1 atom stereocenters. The first-order valence-corrected chi connectivity index (χ1v) is 7.85. The van der Waals surface area contributed by atoms with Gasteiger partial charge in [-0.15, -0.1) is 0 Å². The van der Waals surface area contributed by atoms with E-state index in [2.05, 4.69) is 5.32 Å². The van der Waals surface area contributed by atoms with E-state index in [1.807, 2.05) is 44.2 Å². The van der Waals surface area contributed by atoms with E-state index in [4.69, 9.17) is 4.74 Å². The van der Waals surface area contributed by atoms with Gasteiger partial charge in [0.05, 0.1) is 11.6 Å². The summed E-state index contributed by atoms with van der Waals surface area (Å²) in [7, 11) is 0. The van der Waals surface area contributed by atoms with E-state index in [-0.39, 0.29) is 17.5 Å². The van der Waals surface area contributed by atoms with E-state index in [9.17, 15) is 18.4 Å². The first-order chi connectivity index (χ1) is 11.9. The minimum absolute atomic E-state index is 0.133. The zero-order chi connectivity index (χ0) is 18.4. The maximum Gasteiger partial charge on any atom is 0.338 e. The number of carbonyl (C=O) groups is 2. The number of nitrogens with one attached hydrogen (secondary N) is 1. The average molecular weight is 347 g/mol. The molecule has 0 aliphatic rings. The fourth-order valence-corrected chi connectivity index (χ4v) is 2.35. The average Bonchev–Trinajstić information content (AvgIpc) is 2.60. The maximum absolute atomic E-state index is 13.1. The van der Waals surface area contributed by atoms with Crippen LogP contribution in [0.1, 0.15) is 35.8 Å². The Balaban J connectivity index is 1.94. The van der Waals surface area contributed by atoms with Gasteiger partial charge in [0.25, 0.3) is 5.91 Å². The molecule has 0 heterocycles. The Kier molecular flexibility index (Phi) is 6.22. The first kappa shape index (κ1) is 18.6. The molecule has 2 rings (SSSR count). The number of benzene rings is 2. The van der Waals surface area contributed by atoms with Gasteiger partial charge in [0, 0.05) is 0 Å². The molecule has 4 nitrogen and oxygen atoms in total. The monoisotopic (exact) mass is 347 g/mol. The van der Waals surface area contributed by atoms with Crippen molar-refractivity contribution >= 4 is 11.9 Å². The molecule has 6 heteroatoms. The number of carbonyl (C=O) groups excluding carboxylic acids is 2. The Morgan fingerprint density at radius 2 is 1.72 bits per heavy atom. The lowest BCUT2D eigenvalue weighted by Gasteiger charge is -2.22. The molecular formula is C19H19F2NO3. The number of amides is 1. The van der Waals surface area contributed by atoms with E-state index in [1.165, 1.54) is 0 Å². The van der Waals surface area contributed by atoms with E-state index < -0.39 is 30.1 Å². The zero-order valence-electron chi connectivity index (χ0n) is 14.0. The van der Waals surface area contributed by atoms with Crippen molar-refractivity contribution in [2.45, 2.75) is 19.9 Å². The van der Waals surface area contributed by atoms with Crippen molar-refractivity contribution in [1.82, 2.24) is 5.32 Å². The highest BCUT2D eigenvalue weighted by Crippen LogP contribution is 2.21. The molecule has 0 radical (unpaired) electrons. The molecule has 0 aliphatic heterocycles. The molecule has 0 fully saturated rings. The molecule has 0 bridgehead atoms. The maximum atomic E-state index is 13.1. The Morgan fingerprint density at radius 3 is 2.32 bits per heavy atom. The Morgan fingerprint density at radius 1 is 1.04 bits per heavy atom. The van der Waals surface area contributed by atoms with Crippen LogP contribution < -0.4 is 5.32 Å². The van der Waals surface area contributed by atoms with Crippen LogP contribution in [0.5, 0.6) is 0 Å². The smallest absolute Gasteiger partial charge is 0.338 e. The highest BCUT2D eigenvalue weighted by atomic mass is 19.2. The summed E-state index contributed by atoms with van der Waals surface area (Å²) in [4.78, 5) is 23.9. The van der Waals surface area contributed by atoms with Crippen molar-refractivity contribution in [3.63, 3.8) is 0 Å². The topological polar surface area (TPSA) is 55.4 Å². The Hall–Kier alpha value is -2.76. The van der Waals surface area contributed by atoms with Crippen LogP contribution in [0.4, 0.5) is 8.78 Å². The first-order valence-electron chi connectivity index (χ1n) is 7.85. The standard InChI is InChI=1S/C19H19F2NO3/c1-12(2)18(13-6-4-3-5-7-13)22-17(23)11-25-19(24)14-8-9-15(20)16(21)10-14/h3-10,12,18H,11H2,1-2H3,(H,22,23)/t18-/m0/s1. The summed E-state index contributed by atoms with van der Waals surface area (Å²) < 4.78 is 30.9.